The average Bonchev–Trinajstić information content (AvgIpc) is 2.48. The summed E-state index contributed by atoms with van der Waals surface area (Å²) in [4.78, 5) is 4.10. The Balaban J connectivity index is 2.29. The molecule has 1 saturated heterocycles. The summed E-state index contributed by atoms with van der Waals surface area (Å²) in [7, 11) is 1.78. The van der Waals surface area contributed by atoms with Crippen molar-refractivity contribution < 1.29 is 4.74 Å². The quantitative estimate of drug-likeness (QED) is 0.642. The molecule has 2 rings (SSSR count). The van der Waals surface area contributed by atoms with Gasteiger partial charge in [-0.25, -0.2) is 0 Å². The van der Waals surface area contributed by atoms with Crippen LogP contribution in [-0.4, -0.2) is 37.5 Å². The molecule has 0 saturated carbocycles. The van der Waals surface area contributed by atoms with Crippen molar-refractivity contribution >= 4 is 34.7 Å². The highest BCUT2D eigenvalue weighted by molar-refractivity contribution is 7.99. The standard InChI is InChI=1S/C16H24N2OS2/c1-3-21-14-8-4-7-13(15(14)16(17)20)18-9-5-6-12(10-18)11-19-2/h4,7-8,12H,3,5-6,9-11H2,1-2H3,(H2,17,20). The van der Waals surface area contributed by atoms with E-state index in [1.165, 1.54) is 23.4 Å². The van der Waals surface area contributed by atoms with Gasteiger partial charge in [-0.2, -0.15) is 0 Å². The second-order valence-electron chi connectivity index (χ2n) is 5.36. The van der Waals surface area contributed by atoms with Crippen molar-refractivity contribution in [3.8, 4) is 0 Å². The van der Waals surface area contributed by atoms with Crippen molar-refractivity contribution in [1.29, 1.82) is 0 Å². The highest BCUT2D eigenvalue weighted by atomic mass is 32.2. The van der Waals surface area contributed by atoms with Crippen molar-refractivity contribution in [3.63, 3.8) is 0 Å². The molecular weight excluding hydrogens is 300 g/mol. The van der Waals surface area contributed by atoms with Gasteiger partial charge in [-0.15, -0.1) is 11.8 Å². The van der Waals surface area contributed by atoms with Gasteiger partial charge in [0.15, 0.2) is 0 Å². The summed E-state index contributed by atoms with van der Waals surface area (Å²) in [6.07, 6.45) is 2.42. The van der Waals surface area contributed by atoms with Gasteiger partial charge in [0.2, 0.25) is 0 Å². The summed E-state index contributed by atoms with van der Waals surface area (Å²) >= 11 is 7.11. The molecule has 21 heavy (non-hydrogen) atoms. The number of ether oxygens (including phenoxy) is 1. The van der Waals surface area contributed by atoms with Crippen molar-refractivity contribution in [2.24, 2.45) is 11.7 Å². The molecule has 1 heterocycles. The Hall–Kier alpha value is -0.780. The number of methoxy groups -OCH3 is 1. The number of hydrogen-bond acceptors (Lipinski definition) is 4. The molecular formula is C16H24N2OS2. The van der Waals surface area contributed by atoms with Gasteiger partial charge in [-0.1, -0.05) is 25.2 Å². The highest BCUT2D eigenvalue weighted by Crippen LogP contribution is 2.33. The third-order valence-electron chi connectivity index (χ3n) is 3.81. The molecule has 1 aromatic rings. The molecule has 0 aliphatic carbocycles. The van der Waals surface area contributed by atoms with Crippen molar-refractivity contribution in [3.05, 3.63) is 23.8 Å². The van der Waals surface area contributed by atoms with E-state index < -0.39 is 0 Å². The lowest BCUT2D eigenvalue weighted by molar-refractivity contribution is 0.143. The molecule has 0 amide bonds. The van der Waals surface area contributed by atoms with Crippen LogP contribution in [-0.2, 0) is 4.74 Å². The zero-order valence-corrected chi connectivity index (χ0v) is 14.4. The van der Waals surface area contributed by atoms with E-state index in [1.807, 2.05) is 0 Å². The highest BCUT2D eigenvalue weighted by Gasteiger charge is 2.23. The van der Waals surface area contributed by atoms with E-state index in [4.69, 9.17) is 22.7 Å². The molecule has 3 nitrogen and oxygen atoms in total. The predicted molar refractivity (Wildman–Crippen MR) is 95.5 cm³/mol. The summed E-state index contributed by atoms with van der Waals surface area (Å²) in [5.74, 6) is 1.61. The van der Waals surface area contributed by atoms with Gasteiger partial charge in [-0.3, -0.25) is 0 Å². The molecule has 1 fully saturated rings. The van der Waals surface area contributed by atoms with E-state index in [0.29, 0.717) is 10.9 Å². The fourth-order valence-electron chi connectivity index (χ4n) is 2.96. The van der Waals surface area contributed by atoms with E-state index in [2.05, 4.69) is 30.0 Å². The number of benzene rings is 1. The Labute approximate surface area is 137 Å². The number of thiocarbonyl (C=S) groups is 1. The van der Waals surface area contributed by atoms with E-state index in [9.17, 15) is 0 Å². The van der Waals surface area contributed by atoms with Crippen LogP contribution in [0.25, 0.3) is 0 Å². The number of hydrogen-bond donors (Lipinski definition) is 1. The molecule has 0 spiro atoms. The molecule has 5 heteroatoms. The maximum absolute atomic E-state index is 6.01. The maximum Gasteiger partial charge on any atom is 0.107 e. The number of thioether (sulfide) groups is 1. The molecule has 1 aliphatic heterocycles. The van der Waals surface area contributed by atoms with Crippen LogP contribution in [0.1, 0.15) is 25.3 Å². The molecule has 0 aromatic heterocycles. The molecule has 116 valence electrons. The molecule has 1 unspecified atom stereocenters. The first-order valence-corrected chi connectivity index (χ1v) is 8.86. The average molecular weight is 325 g/mol. The number of rotatable bonds is 6. The monoisotopic (exact) mass is 324 g/mol. The van der Waals surface area contributed by atoms with E-state index in [1.54, 1.807) is 18.9 Å². The van der Waals surface area contributed by atoms with Crippen LogP contribution < -0.4 is 10.6 Å². The van der Waals surface area contributed by atoms with Gasteiger partial charge in [0.05, 0.1) is 6.61 Å². The number of nitrogens with two attached hydrogens (primary N) is 1. The summed E-state index contributed by atoms with van der Waals surface area (Å²) in [5, 5.41) is 0. The zero-order valence-electron chi connectivity index (χ0n) is 12.8. The maximum atomic E-state index is 6.01. The van der Waals surface area contributed by atoms with Crippen molar-refractivity contribution in [1.82, 2.24) is 0 Å². The van der Waals surface area contributed by atoms with Gasteiger partial charge < -0.3 is 15.4 Å². The molecule has 1 atom stereocenters. The molecule has 2 N–H and O–H groups in total. The van der Waals surface area contributed by atoms with Crippen LogP contribution in [0.3, 0.4) is 0 Å². The van der Waals surface area contributed by atoms with Crippen LogP contribution in [0.5, 0.6) is 0 Å². The van der Waals surface area contributed by atoms with Crippen LogP contribution in [0, 0.1) is 5.92 Å². The molecule has 0 radical (unpaired) electrons. The Morgan fingerprint density at radius 1 is 1.52 bits per heavy atom. The lowest BCUT2D eigenvalue weighted by Gasteiger charge is -2.35. The van der Waals surface area contributed by atoms with E-state index >= 15 is 0 Å². The minimum Gasteiger partial charge on any atom is -0.389 e. The normalized spacial score (nSPS) is 18.8. The van der Waals surface area contributed by atoms with Crippen LogP contribution >= 0.6 is 24.0 Å². The predicted octanol–water partition coefficient (Wildman–Crippen LogP) is 3.30. The first kappa shape index (κ1) is 16.6. The first-order valence-electron chi connectivity index (χ1n) is 7.46. The lowest BCUT2D eigenvalue weighted by atomic mass is 9.97. The van der Waals surface area contributed by atoms with Gasteiger partial charge in [-0.05, 0) is 36.6 Å². The van der Waals surface area contributed by atoms with Gasteiger partial charge in [0.1, 0.15) is 4.99 Å². The largest absolute Gasteiger partial charge is 0.389 e. The topological polar surface area (TPSA) is 38.5 Å². The number of anilines is 1. The van der Waals surface area contributed by atoms with E-state index in [0.717, 1.165) is 31.0 Å². The fourth-order valence-corrected chi connectivity index (χ4v) is 4.09. The zero-order chi connectivity index (χ0) is 15.2. The third-order valence-corrected chi connectivity index (χ3v) is 4.96. The van der Waals surface area contributed by atoms with Crippen LogP contribution in [0.15, 0.2) is 23.1 Å². The molecule has 0 bridgehead atoms. The Morgan fingerprint density at radius 3 is 3.00 bits per heavy atom. The second kappa shape index (κ2) is 8.01. The number of nitrogens with zero attached hydrogens (tertiary/aromatic N) is 1. The van der Waals surface area contributed by atoms with Gasteiger partial charge >= 0.3 is 0 Å². The van der Waals surface area contributed by atoms with Gasteiger partial charge in [0.25, 0.3) is 0 Å². The summed E-state index contributed by atoms with van der Waals surface area (Å²) < 4.78 is 5.32. The minimum atomic E-state index is 0.496. The SMILES string of the molecule is CCSc1cccc(N2CCCC(COC)C2)c1C(N)=S. The summed E-state index contributed by atoms with van der Waals surface area (Å²) in [6.45, 7) is 5.05. The Morgan fingerprint density at radius 2 is 2.33 bits per heavy atom. The summed E-state index contributed by atoms with van der Waals surface area (Å²) in [5.41, 5.74) is 8.23. The van der Waals surface area contributed by atoms with Crippen molar-refractivity contribution in [2.75, 3.05) is 37.5 Å². The molecule has 1 aromatic carbocycles. The van der Waals surface area contributed by atoms with Gasteiger partial charge in [0, 0.05) is 36.3 Å². The van der Waals surface area contributed by atoms with Crippen LogP contribution in [0.4, 0.5) is 5.69 Å². The van der Waals surface area contributed by atoms with Crippen LogP contribution in [0.2, 0.25) is 0 Å². The Kier molecular flexibility index (Phi) is 6.33. The molecule has 1 aliphatic rings. The Bertz CT molecular complexity index is 491. The minimum absolute atomic E-state index is 0.496. The third kappa shape index (κ3) is 4.11. The number of piperidine rings is 1. The van der Waals surface area contributed by atoms with E-state index in [-0.39, 0.29) is 0 Å². The van der Waals surface area contributed by atoms with Crippen molar-refractivity contribution in [2.45, 2.75) is 24.7 Å². The fraction of sp³-hybridized carbons (Fsp3) is 0.562. The smallest absolute Gasteiger partial charge is 0.107 e. The lowest BCUT2D eigenvalue weighted by Crippen LogP contribution is -2.38. The summed E-state index contributed by atoms with van der Waals surface area (Å²) in [6, 6.07) is 6.36. The second-order valence-corrected chi connectivity index (χ2v) is 7.10. The first-order chi connectivity index (χ1) is 10.2.